The summed E-state index contributed by atoms with van der Waals surface area (Å²) in [5, 5.41) is 3.88. The predicted molar refractivity (Wildman–Crippen MR) is 126 cm³/mol. The third-order valence-electron chi connectivity index (χ3n) is 5.13. The van der Waals surface area contributed by atoms with E-state index in [1.54, 1.807) is 23.2 Å². The van der Waals surface area contributed by atoms with Crippen LogP contribution in [0.1, 0.15) is 25.6 Å². The number of nitrogens with zero attached hydrogens (tertiary/aromatic N) is 3. The smallest absolute Gasteiger partial charge is 0.264 e. The number of amides is 2. The number of carbonyl (C=O) groups excluding carboxylic acids is 2. The molecule has 166 valence electrons. The molecule has 10 heteroatoms. The summed E-state index contributed by atoms with van der Waals surface area (Å²) >= 11 is 13.1. The SMILES string of the molecule is Cc1cc(NC(=O)c2ccc(F)cc2Cl)sc1C(=O)N1CCN(c2ccc(Cl)cn2)CC1. The number of rotatable bonds is 4. The number of thiophene rings is 1. The molecule has 1 fully saturated rings. The fraction of sp³-hybridized carbons (Fsp3) is 0.227. The van der Waals surface area contributed by atoms with E-state index in [4.69, 9.17) is 23.2 Å². The Morgan fingerprint density at radius 3 is 2.50 bits per heavy atom. The van der Waals surface area contributed by atoms with Crippen LogP contribution in [0.5, 0.6) is 0 Å². The first-order valence-corrected chi connectivity index (χ1v) is 11.4. The van der Waals surface area contributed by atoms with Crippen LogP contribution in [-0.2, 0) is 0 Å². The van der Waals surface area contributed by atoms with E-state index >= 15 is 0 Å². The van der Waals surface area contributed by atoms with Gasteiger partial charge in [-0.25, -0.2) is 9.37 Å². The van der Waals surface area contributed by atoms with Gasteiger partial charge >= 0.3 is 0 Å². The summed E-state index contributed by atoms with van der Waals surface area (Å²) in [4.78, 5) is 34.4. The zero-order valence-corrected chi connectivity index (χ0v) is 19.4. The maximum atomic E-state index is 13.2. The van der Waals surface area contributed by atoms with Crippen LogP contribution in [0, 0.1) is 12.7 Å². The molecule has 0 bridgehead atoms. The second-order valence-electron chi connectivity index (χ2n) is 7.31. The van der Waals surface area contributed by atoms with Gasteiger partial charge < -0.3 is 15.1 Å². The van der Waals surface area contributed by atoms with Crippen molar-refractivity contribution in [2.45, 2.75) is 6.92 Å². The molecular formula is C22H19Cl2FN4O2S. The molecule has 0 unspecified atom stereocenters. The maximum Gasteiger partial charge on any atom is 0.264 e. The standard InChI is InChI=1S/C22H19Cl2FN4O2S/c1-13-10-19(27-21(30)16-4-3-15(25)11-17(16)24)32-20(13)22(31)29-8-6-28(7-9-29)18-5-2-14(23)12-26-18/h2-5,10-12H,6-9H2,1H3,(H,27,30). The quantitative estimate of drug-likeness (QED) is 0.549. The predicted octanol–water partition coefficient (Wildman–Crippen LogP) is 5.11. The Bertz CT molecular complexity index is 1160. The van der Waals surface area contributed by atoms with E-state index in [9.17, 15) is 14.0 Å². The minimum absolute atomic E-state index is 0.0279. The number of aryl methyl sites for hydroxylation is 1. The van der Waals surface area contributed by atoms with Gasteiger partial charge in [0.2, 0.25) is 0 Å². The van der Waals surface area contributed by atoms with Gasteiger partial charge in [0.1, 0.15) is 11.6 Å². The highest BCUT2D eigenvalue weighted by atomic mass is 35.5. The van der Waals surface area contributed by atoms with Crippen LogP contribution in [-0.4, -0.2) is 47.9 Å². The van der Waals surface area contributed by atoms with Crippen molar-refractivity contribution in [2.75, 3.05) is 36.4 Å². The lowest BCUT2D eigenvalue weighted by Gasteiger charge is -2.35. The molecule has 0 spiro atoms. The van der Waals surface area contributed by atoms with Crippen molar-refractivity contribution in [3.8, 4) is 0 Å². The molecule has 0 atom stereocenters. The summed E-state index contributed by atoms with van der Waals surface area (Å²) in [6.45, 7) is 4.29. The second kappa shape index (κ2) is 9.44. The highest BCUT2D eigenvalue weighted by Crippen LogP contribution is 2.29. The van der Waals surface area contributed by atoms with Gasteiger partial charge in [0, 0.05) is 32.4 Å². The van der Waals surface area contributed by atoms with Crippen molar-refractivity contribution in [2.24, 2.45) is 0 Å². The lowest BCUT2D eigenvalue weighted by atomic mass is 10.2. The fourth-order valence-corrected chi connectivity index (χ4v) is 4.85. The molecule has 3 aromatic rings. The Kier molecular flexibility index (Phi) is 6.64. The zero-order valence-electron chi connectivity index (χ0n) is 17.1. The molecule has 0 aliphatic carbocycles. The molecule has 1 aromatic carbocycles. The van der Waals surface area contributed by atoms with Gasteiger partial charge in [-0.15, -0.1) is 11.3 Å². The van der Waals surface area contributed by atoms with Crippen LogP contribution in [0.2, 0.25) is 10.0 Å². The van der Waals surface area contributed by atoms with E-state index in [0.29, 0.717) is 41.1 Å². The number of anilines is 2. The summed E-state index contributed by atoms with van der Waals surface area (Å²) in [5.41, 5.74) is 0.946. The van der Waals surface area contributed by atoms with Crippen LogP contribution in [0.3, 0.4) is 0 Å². The number of halogens is 3. The summed E-state index contributed by atoms with van der Waals surface area (Å²) in [5.74, 6) is -0.215. The minimum atomic E-state index is -0.515. The van der Waals surface area contributed by atoms with Gasteiger partial charge in [-0.3, -0.25) is 9.59 Å². The summed E-state index contributed by atoms with van der Waals surface area (Å²) in [6.07, 6.45) is 1.61. The van der Waals surface area contributed by atoms with Gasteiger partial charge in [0.25, 0.3) is 11.8 Å². The van der Waals surface area contributed by atoms with Crippen LogP contribution < -0.4 is 10.2 Å². The largest absolute Gasteiger partial charge is 0.353 e. The fourth-order valence-electron chi connectivity index (χ4n) is 3.45. The Morgan fingerprint density at radius 1 is 1.09 bits per heavy atom. The van der Waals surface area contributed by atoms with E-state index < -0.39 is 11.7 Å². The first-order chi connectivity index (χ1) is 15.3. The first kappa shape index (κ1) is 22.5. The van der Waals surface area contributed by atoms with Gasteiger partial charge in [-0.1, -0.05) is 23.2 Å². The number of carbonyl (C=O) groups is 2. The molecule has 6 nitrogen and oxygen atoms in total. The summed E-state index contributed by atoms with van der Waals surface area (Å²) in [6, 6.07) is 9.01. The molecular weight excluding hydrogens is 474 g/mol. The average molecular weight is 493 g/mol. The Balaban J connectivity index is 1.41. The van der Waals surface area contributed by atoms with Crippen molar-refractivity contribution in [3.63, 3.8) is 0 Å². The van der Waals surface area contributed by atoms with Crippen LogP contribution in [0.15, 0.2) is 42.6 Å². The third-order valence-corrected chi connectivity index (χ3v) is 6.80. The van der Waals surface area contributed by atoms with Crippen LogP contribution >= 0.6 is 34.5 Å². The number of aromatic nitrogens is 1. The molecule has 3 heterocycles. The number of nitrogens with one attached hydrogen (secondary N) is 1. The Hall–Kier alpha value is -2.68. The lowest BCUT2D eigenvalue weighted by Crippen LogP contribution is -2.49. The number of hydrogen-bond acceptors (Lipinski definition) is 5. The molecule has 0 radical (unpaired) electrons. The highest BCUT2D eigenvalue weighted by molar-refractivity contribution is 7.18. The topological polar surface area (TPSA) is 65.5 Å². The third kappa shape index (κ3) is 4.87. The molecule has 1 saturated heterocycles. The first-order valence-electron chi connectivity index (χ1n) is 9.84. The van der Waals surface area contributed by atoms with Gasteiger partial charge in [0.05, 0.1) is 25.5 Å². The van der Waals surface area contributed by atoms with E-state index in [0.717, 1.165) is 17.4 Å². The van der Waals surface area contributed by atoms with Crippen molar-refractivity contribution in [1.29, 1.82) is 0 Å². The molecule has 4 rings (SSSR count). The van der Waals surface area contributed by atoms with Crippen LogP contribution in [0.4, 0.5) is 15.2 Å². The normalized spacial score (nSPS) is 13.9. The number of hydrogen-bond donors (Lipinski definition) is 1. The molecule has 32 heavy (non-hydrogen) atoms. The number of benzene rings is 1. The van der Waals surface area contributed by atoms with Gasteiger partial charge in [0.15, 0.2) is 0 Å². The average Bonchev–Trinajstić information content (AvgIpc) is 3.13. The Morgan fingerprint density at radius 2 is 1.84 bits per heavy atom. The van der Waals surface area contributed by atoms with Crippen molar-refractivity contribution >= 4 is 57.2 Å². The molecule has 2 amide bonds. The monoisotopic (exact) mass is 492 g/mol. The lowest BCUT2D eigenvalue weighted by molar-refractivity contribution is 0.0750. The van der Waals surface area contributed by atoms with E-state index in [-0.39, 0.29) is 16.5 Å². The van der Waals surface area contributed by atoms with Gasteiger partial charge in [-0.05, 0) is 48.9 Å². The zero-order chi connectivity index (χ0) is 22.8. The highest BCUT2D eigenvalue weighted by Gasteiger charge is 2.26. The van der Waals surface area contributed by atoms with Crippen molar-refractivity contribution in [1.82, 2.24) is 9.88 Å². The molecule has 1 N–H and O–H groups in total. The van der Waals surface area contributed by atoms with E-state index in [2.05, 4.69) is 15.2 Å². The summed E-state index contributed by atoms with van der Waals surface area (Å²) < 4.78 is 13.2. The number of pyridine rings is 1. The minimum Gasteiger partial charge on any atom is -0.353 e. The molecule has 1 aliphatic heterocycles. The molecule has 2 aromatic heterocycles. The van der Waals surface area contributed by atoms with E-state index in [1.165, 1.54) is 23.5 Å². The van der Waals surface area contributed by atoms with Gasteiger partial charge in [-0.2, -0.15) is 0 Å². The van der Waals surface area contributed by atoms with Crippen molar-refractivity contribution < 1.29 is 14.0 Å². The second-order valence-corrected chi connectivity index (χ2v) is 9.21. The summed E-state index contributed by atoms with van der Waals surface area (Å²) in [7, 11) is 0. The van der Waals surface area contributed by atoms with E-state index in [1.807, 2.05) is 13.0 Å². The molecule has 0 saturated carbocycles. The molecule has 1 aliphatic rings. The van der Waals surface area contributed by atoms with Crippen molar-refractivity contribution in [3.05, 3.63) is 74.5 Å². The Labute approximate surface area is 198 Å². The maximum absolute atomic E-state index is 13.2. The van der Waals surface area contributed by atoms with Crippen LogP contribution in [0.25, 0.3) is 0 Å². The number of piperazine rings is 1.